The third-order valence-electron chi connectivity index (χ3n) is 2.44. The van der Waals surface area contributed by atoms with Crippen molar-refractivity contribution in [3.8, 4) is 0 Å². The van der Waals surface area contributed by atoms with Crippen LogP contribution >= 0.6 is 0 Å². The second kappa shape index (κ2) is 4.75. The Morgan fingerprint density at radius 3 is 2.73 bits per heavy atom. The molecule has 1 aromatic heterocycles. The number of hydrogen-bond acceptors (Lipinski definition) is 2. The molecule has 0 unspecified atom stereocenters. The third-order valence-corrected chi connectivity index (χ3v) is 2.44. The Bertz CT molecular complexity index is 406. The molecule has 0 saturated carbocycles. The van der Waals surface area contributed by atoms with Crippen LogP contribution in [0.25, 0.3) is 0 Å². The molecule has 0 amide bonds. The molecule has 78 valence electrons. The normalized spacial score (nSPS) is 10.5. The molecule has 0 radical (unpaired) electrons. The van der Waals surface area contributed by atoms with Crippen molar-refractivity contribution < 1.29 is 0 Å². The Kier molecular flexibility index (Phi) is 3.15. The van der Waals surface area contributed by atoms with Gasteiger partial charge in [0.15, 0.2) is 0 Å². The maximum Gasteiger partial charge on any atom is 0.0525 e. The largest absolute Gasteiger partial charge is 0.330 e. The van der Waals surface area contributed by atoms with Gasteiger partial charge in [-0.2, -0.15) is 5.10 Å². The van der Waals surface area contributed by atoms with E-state index in [1.165, 1.54) is 11.1 Å². The van der Waals surface area contributed by atoms with E-state index in [0.29, 0.717) is 6.54 Å². The molecule has 1 aromatic carbocycles. The first-order valence-corrected chi connectivity index (χ1v) is 5.15. The standard InChI is InChI=1S/C12H15N3/c13-7-6-12-11(9-14-15-12)8-10-4-2-1-3-5-10/h1-5,9H,6-8,13H2,(H,14,15). The molecule has 2 rings (SSSR count). The van der Waals surface area contributed by atoms with Gasteiger partial charge in [0, 0.05) is 18.5 Å². The lowest BCUT2D eigenvalue weighted by Gasteiger charge is -2.01. The van der Waals surface area contributed by atoms with Crippen molar-refractivity contribution in [1.82, 2.24) is 10.2 Å². The smallest absolute Gasteiger partial charge is 0.0525 e. The van der Waals surface area contributed by atoms with Crippen LogP contribution in [-0.2, 0) is 12.8 Å². The van der Waals surface area contributed by atoms with E-state index in [2.05, 4.69) is 34.5 Å². The topological polar surface area (TPSA) is 54.7 Å². The molecule has 0 fully saturated rings. The molecule has 0 aliphatic heterocycles. The monoisotopic (exact) mass is 201 g/mol. The Labute approximate surface area is 89.3 Å². The number of nitrogens with two attached hydrogens (primary N) is 1. The van der Waals surface area contributed by atoms with Crippen LogP contribution in [0.5, 0.6) is 0 Å². The van der Waals surface area contributed by atoms with Crippen LogP contribution in [0.15, 0.2) is 36.5 Å². The molecule has 3 N–H and O–H groups in total. The van der Waals surface area contributed by atoms with Crippen molar-refractivity contribution in [3.63, 3.8) is 0 Å². The highest BCUT2D eigenvalue weighted by Gasteiger charge is 2.04. The SMILES string of the molecule is NCCc1[nH]ncc1Cc1ccccc1. The van der Waals surface area contributed by atoms with Crippen LogP contribution in [0.3, 0.4) is 0 Å². The summed E-state index contributed by atoms with van der Waals surface area (Å²) in [5.41, 5.74) is 9.23. The van der Waals surface area contributed by atoms with E-state index in [4.69, 9.17) is 5.73 Å². The van der Waals surface area contributed by atoms with Gasteiger partial charge in [0.2, 0.25) is 0 Å². The van der Waals surface area contributed by atoms with Gasteiger partial charge in [-0.25, -0.2) is 0 Å². The number of nitrogens with one attached hydrogen (secondary N) is 1. The summed E-state index contributed by atoms with van der Waals surface area (Å²) in [4.78, 5) is 0. The van der Waals surface area contributed by atoms with Crippen molar-refractivity contribution in [2.24, 2.45) is 5.73 Å². The maximum absolute atomic E-state index is 5.53. The maximum atomic E-state index is 5.53. The minimum absolute atomic E-state index is 0.657. The van der Waals surface area contributed by atoms with Gasteiger partial charge in [-0.3, -0.25) is 5.10 Å². The van der Waals surface area contributed by atoms with E-state index in [-0.39, 0.29) is 0 Å². The molecule has 0 saturated heterocycles. The van der Waals surface area contributed by atoms with Crippen LogP contribution < -0.4 is 5.73 Å². The van der Waals surface area contributed by atoms with E-state index in [9.17, 15) is 0 Å². The molecule has 3 heteroatoms. The summed E-state index contributed by atoms with van der Waals surface area (Å²) in [5, 5.41) is 7.05. The average molecular weight is 201 g/mol. The van der Waals surface area contributed by atoms with Gasteiger partial charge < -0.3 is 5.73 Å². The Morgan fingerprint density at radius 2 is 2.00 bits per heavy atom. The van der Waals surface area contributed by atoms with Crippen molar-refractivity contribution in [1.29, 1.82) is 0 Å². The molecule has 0 atom stereocenters. The van der Waals surface area contributed by atoms with Crippen molar-refractivity contribution in [2.45, 2.75) is 12.8 Å². The zero-order chi connectivity index (χ0) is 10.5. The molecule has 15 heavy (non-hydrogen) atoms. The van der Waals surface area contributed by atoms with Gasteiger partial charge in [-0.1, -0.05) is 30.3 Å². The molecule has 0 bridgehead atoms. The van der Waals surface area contributed by atoms with E-state index in [1.54, 1.807) is 0 Å². The molecule has 2 aromatic rings. The quantitative estimate of drug-likeness (QED) is 0.787. The van der Waals surface area contributed by atoms with Crippen LogP contribution in [-0.4, -0.2) is 16.7 Å². The number of aromatic amines is 1. The number of rotatable bonds is 4. The zero-order valence-electron chi connectivity index (χ0n) is 8.61. The Hall–Kier alpha value is -1.61. The lowest BCUT2D eigenvalue weighted by atomic mass is 10.0. The highest BCUT2D eigenvalue weighted by Crippen LogP contribution is 2.11. The zero-order valence-corrected chi connectivity index (χ0v) is 8.61. The fraction of sp³-hybridized carbons (Fsp3) is 0.250. The van der Waals surface area contributed by atoms with Gasteiger partial charge in [-0.05, 0) is 17.7 Å². The fourth-order valence-electron chi connectivity index (χ4n) is 1.67. The lowest BCUT2D eigenvalue weighted by Crippen LogP contribution is -2.05. The predicted molar refractivity (Wildman–Crippen MR) is 60.6 cm³/mol. The Morgan fingerprint density at radius 1 is 1.20 bits per heavy atom. The Balaban J connectivity index is 2.14. The molecule has 0 spiro atoms. The van der Waals surface area contributed by atoms with Crippen LogP contribution in [0, 0.1) is 0 Å². The number of benzene rings is 1. The molecule has 0 aliphatic carbocycles. The summed E-state index contributed by atoms with van der Waals surface area (Å²) >= 11 is 0. The minimum Gasteiger partial charge on any atom is -0.330 e. The van der Waals surface area contributed by atoms with Gasteiger partial charge in [0.1, 0.15) is 0 Å². The van der Waals surface area contributed by atoms with Crippen molar-refractivity contribution >= 4 is 0 Å². The molecule has 0 aliphatic rings. The minimum atomic E-state index is 0.657. The van der Waals surface area contributed by atoms with Crippen LogP contribution in [0.1, 0.15) is 16.8 Å². The predicted octanol–water partition coefficient (Wildman–Crippen LogP) is 1.50. The van der Waals surface area contributed by atoms with E-state index in [0.717, 1.165) is 18.5 Å². The van der Waals surface area contributed by atoms with Gasteiger partial charge >= 0.3 is 0 Å². The number of H-pyrrole nitrogens is 1. The number of hydrogen-bond donors (Lipinski definition) is 2. The van der Waals surface area contributed by atoms with Crippen LogP contribution in [0.4, 0.5) is 0 Å². The van der Waals surface area contributed by atoms with Gasteiger partial charge in [0.25, 0.3) is 0 Å². The molecule has 3 nitrogen and oxygen atoms in total. The van der Waals surface area contributed by atoms with E-state index in [1.807, 2.05) is 12.3 Å². The second-order valence-corrected chi connectivity index (χ2v) is 3.57. The lowest BCUT2D eigenvalue weighted by molar-refractivity contribution is 0.890. The van der Waals surface area contributed by atoms with Gasteiger partial charge in [0.05, 0.1) is 6.20 Å². The molecular weight excluding hydrogens is 186 g/mol. The summed E-state index contributed by atoms with van der Waals surface area (Å²) in [6, 6.07) is 10.4. The van der Waals surface area contributed by atoms with E-state index < -0.39 is 0 Å². The summed E-state index contributed by atoms with van der Waals surface area (Å²) in [6.07, 6.45) is 3.67. The molecule has 1 heterocycles. The molecular formula is C12H15N3. The van der Waals surface area contributed by atoms with Gasteiger partial charge in [-0.15, -0.1) is 0 Å². The van der Waals surface area contributed by atoms with E-state index >= 15 is 0 Å². The first-order valence-electron chi connectivity index (χ1n) is 5.15. The highest BCUT2D eigenvalue weighted by molar-refractivity contribution is 5.27. The first kappa shape index (κ1) is 9.93. The summed E-state index contributed by atoms with van der Waals surface area (Å²) in [5.74, 6) is 0. The second-order valence-electron chi connectivity index (χ2n) is 3.57. The number of nitrogens with zero attached hydrogens (tertiary/aromatic N) is 1. The summed E-state index contributed by atoms with van der Waals surface area (Å²) in [6.45, 7) is 0.657. The fourth-order valence-corrected chi connectivity index (χ4v) is 1.67. The number of aromatic nitrogens is 2. The highest BCUT2D eigenvalue weighted by atomic mass is 15.1. The first-order chi connectivity index (χ1) is 7.40. The summed E-state index contributed by atoms with van der Waals surface area (Å²) in [7, 11) is 0. The van der Waals surface area contributed by atoms with Crippen LogP contribution in [0.2, 0.25) is 0 Å². The van der Waals surface area contributed by atoms with Crippen molar-refractivity contribution in [2.75, 3.05) is 6.54 Å². The third kappa shape index (κ3) is 2.44. The van der Waals surface area contributed by atoms with Crippen molar-refractivity contribution in [3.05, 3.63) is 53.3 Å². The summed E-state index contributed by atoms with van der Waals surface area (Å²) < 4.78 is 0. The average Bonchev–Trinajstić information content (AvgIpc) is 2.68.